The molecule has 2 aliphatic heterocycles. The zero-order valence-electron chi connectivity index (χ0n) is 19.3. The molecular weight excluding hydrogens is 396 g/mol. The molecule has 0 bridgehead atoms. The SMILES string of the molecule is COCCN1CCN(c2cc(N3CCN(CCOC)[C@@H](C)C3)n3ncnc3n2)C[C@@H]1C. The van der Waals surface area contributed by atoms with Gasteiger partial charge in [-0.3, -0.25) is 9.80 Å². The predicted molar refractivity (Wildman–Crippen MR) is 121 cm³/mol. The first kappa shape index (κ1) is 22.2. The maximum Gasteiger partial charge on any atom is 0.256 e. The Morgan fingerprint density at radius 2 is 1.52 bits per heavy atom. The third-order valence-electron chi connectivity index (χ3n) is 6.56. The second-order valence-electron chi connectivity index (χ2n) is 8.59. The van der Waals surface area contributed by atoms with Crippen molar-refractivity contribution in [1.29, 1.82) is 0 Å². The largest absolute Gasteiger partial charge is 0.383 e. The molecule has 0 aliphatic carbocycles. The second-order valence-corrected chi connectivity index (χ2v) is 8.59. The lowest BCUT2D eigenvalue weighted by Crippen LogP contribution is -2.54. The molecule has 0 saturated carbocycles. The highest BCUT2D eigenvalue weighted by molar-refractivity contribution is 5.57. The van der Waals surface area contributed by atoms with Crippen LogP contribution in [0.2, 0.25) is 0 Å². The molecule has 2 aliphatic rings. The minimum atomic E-state index is 0.448. The molecule has 0 spiro atoms. The first-order valence-corrected chi connectivity index (χ1v) is 11.3. The van der Waals surface area contributed by atoms with E-state index >= 15 is 0 Å². The fourth-order valence-corrected chi connectivity index (χ4v) is 4.66. The van der Waals surface area contributed by atoms with Crippen LogP contribution in [0.5, 0.6) is 0 Å². The van der Waals surface area contributed by atoms with E-state index < -0.39 is 0 Å². The molecule has 0 unspecified atom stereocenters. The van der Waals surface area contributed by atoms with Crippen molar-refractivity contribution < 1.29 is 9.47 Å². The quantitative estimate of drug-likeness (QED) is 0.591. The summed E-state index contributed by atoms with van der Waals surface area (Å²) in [6.45, 7) is 13.9. The van der Waals surface area contributed by atoms with Crippen LogP contribution in [0.3, 0.4) is 0 Å². The highest BCUT2D eigenvalue weighted by Gasteiger charge is 2.28. The Balaban J connectivity index is 1.51. The van der Waals surface area contributed by atoms with Crippen LogP contribution >= 0.6 is 0 Å². The van der Waals surface area contributed by atoms with E-state index in [-0.39, 0.29) is 0 Å². The molecule has 0 amide bonds. The van der Waals surface area contributed by atoms with Crippen molar-refractivity contribution in [3.8, 4) is 0 Å². The summed E-state index contributed by atoms with van der Waals surface area (Å²) in [5.41, 5.74) is 0. The van der Waals surface area contributed by atoms with Gasteiger partial charge in [0.05, 0.1) is 13.2 Å². The highest BCUT2D eigenvalue weighted by Crippen LogP contribution is 2.25. The van der Waals surface area contributed by atoms with Crippen molar-refractivity contribution >= 4 is 17.4 Å². The minimum Gasteiger partial charge on any atom is -0.383 e. The molecule has 10 nitrogen and oxygen atoms in total. The van der Waals surface area contributed by atoms with Gasteiger partial charge in [-0.1, -0.05) is 0 Å². The van der Waals surface area contributed by atoms with E-state index in [1.807, 2.05) is 4.52 Å². The Labute approximate surface area is 184 Å². The summed E-state index contributed by atoms with van der Waals surface area (Å²) in [5, 5.41) is 4.46. The van der Waals surface area contributed by atoms with Crippen molar-refractivity contribution in [3.63, 3.8) is 0 Å². The Morgan fingerprint density at radius 1 is 0.903 bits per heavy atom. The fraction of sp³-hybridized carbons (Fsp3) is 0.762. The second kappa shape index (κ2) is 10.1. The lowest BCUT2D eigenvalue weighted by Gasteiger charge is -2.42. The van der Waals surface area contributed by atoms with E-state index in [2.05, 4.69) is 49.6 Å². The van der Waals surface area contributed by atoms with Crippen LogP contribution < -0.4 is 9.80 Å². The van der Waals surface area contributed by atoms with Gasteiger partial charge in [0.15, 0.2) is 0 Å². The summed E-state index contributed by atoms with van der Waals surface area (Å²) in [7, 11) is 3.53. The summed E-state index contributed by atoms with van der Waals surface area (Å²) in [5.74, 6) is 2.73. The van der Waals surface area contributed by atoms with Gasteiger partial charge in [0.25, 0.3) is 5.78 Å². The average Bonchev–Trinajstić information content (AvgIpc) is 3.25. The molecule has 2 fully saturated rings. The summed E-state index contributed by atoms with van der Waals surface area (Å²) in [6, 6.07) is 3.09. The number of piperazine rings is 2. The van der Waals surface area contributed by atoms with Gasteiger partial charge >= 0.3 is 0 Å². The molecule has 2 aromatic heterocycles. The van der Waals surface area contributed by atoms with Crippen LogP contribution in [0, 0.1) is 0 Å². The summed E-state index contributed by atoms with van der Waals surface area (Å²) >= 11 is 0. The van der Waals surface area contributed by atoms with Crippen molar-refractivity contribution in [2.24, 2.45) is 0 Å². The minimum absolute atomic E-state index is 0.448. The Hall–Kier alpha value is -2.01. The first-order valence-electron chi connectivity index (χ1n) is 11.3. The van der Waals surface area contributed by atoms with E-state index in [0.717, 1.165) is 77.2 Å². The molecular formula is C21H36N8O2. The standard InChI is InChI=1S/C21H36N8O2/c1-17-14-27(7-5-25(17)9-11-30-3)19-13-20(29-21(24-19)22-16-23-29)28-8-6-26(10-12-31-4)18(2)15-28/h13,16-18H,5-12,14-15H2,1-4H3/t17-,18-/m0/s1. The van der Waals surface area contributed by atoms with E-state index in [0.29, 0.717) is 17.9 Å². The van der Waals surface area contributed by atoms with Gasteiger partial charge in [-0.25, -0.2) is 0 Å². The Morgan fingerprint density at radius 3 is 2.13 bits per heavy atom. The summed E-state index contributed by atoms with van der Waals surface area (Å²) < 4.78 is 12.4. The Bertz CT molecular complexity index is 846. The van der Waals surface area contributed by atoms with Crippen LogP contribution in [-0.4, -0.2) is 121 Å². The predicted octanol–water partition coefficient (Wildman–Crippen LogP) is 0.438. The van der Waals surface area contributed by atoms with Crippen LogP contribution in [0.1, 0.15) is 13.8 Å². The molecule has 172 valence electrons. The lowest BCUT2D eigenvalue weighted by atomic mass is 10.1. The van der Waals surface area contributed by atoms with Crippen LogP contribution in [0.25, 0.3) is 5.78 Å². The number of fused-ring (bicyclic) bond motifs is 1. The van der Waals surface area contributed by atoms with Crippen LogP contribution in [0.4, 0.5) is 11.6 Å². The van der Waals surface area contributed by atoms with E-state index in [1.54, 1.807) is 20.5 Å². The fourth-order valence-electron chi connectivity index (χ4n) is 4.66. The van der Waals surface area contributed by atoms with Crippen molar-refractivity contribution in [1.82, 2.24) is 29.4 Å². The highest BCUT2D eigenvalue weighted by atomic mass is 16.5. The van der Waals surface area contributed by atoms with Gasteiger partial charge in [0.1, 0.15) is 18.0 Å². The summed E-state index contributed by atoms with van der Waals surface area (Å²) in [4.78, 5) is 19.0. The van der Waals surface area contributed by atoms with Gasteiger partial charge in [-0.15, -0.1) is 0 Å². The molecule has 4 rings (SSSR count). The van der Waals surface area contributed by atoms with Gasteiger partial charge in [-0.05, 0) is 13.8 Å². The number of anilines is 2. The number of hydrogen-bond acceptors (Lipinski definition) is 9. The molecule has 2 aromatic rings. The van der Waals surface area contributed by atoms with Gasteiger partial charge < -0.3 is 19.3 Å². The maximum absolute atomic E-state index is 5.27. The average molecular weight is 433 g/mol. The van der Waals surface area contributed by atoms with E-state index in [4.69, 9.17) is 14.5 Å². The molecule has 2 atom stereocenters. The number of aromatic nitrogens is 4. The molecule has 10 heteroatoms. The zero-order chi connectivity index (χ0) is 21.8. The summed E-state index contributed by atoms with van der Waals surface area (Å²) in [6.07, 6.45) is 1.60. The van der Waals surface area contributed by atoms with Crippen LogP contribution in [0.15, 0.2) is 12.4 Å². The molecule has 4 heterocycles. The van der Waals surface area contributed by atoms with Crippen molar-refractivity contribution in [2.75, 3.05) is 89.6 Å². The molecule has 0 aromatic carbocycles. The van der Waals surface area contributed by atoms with E-state index in [9.17, 15) is 0 Å². The number of nitrogens with zero attached hydrogens (tertiary/aromatic N) is 8. The topological polar surface area (TPSA) is 74.5 Å². The van der Waals surface area contributed by atoms with Gasteiger partial charge in [-0.2, -0.15) is 19.6 Å². The van der Waals surface area contributed by atoms with Gasteiger partial charge in [0, 0.05) is 84.7 Å². The van der Waals surface area contributed by atoms with Crippen molar-refractivity contribution in [2.45, 2.75) is 25.9 Å². The monoisotopic (exact) mass is 432 g/mol. The zero-order valence-corrected chi connectivity index (χ0v) is 19.3. The first-order chi connectivity index (χ1) is 15.1. The number of methoxy groups -OCH3 is 2. The number of hydrogen-bond donors (Lipinski definition) is 0. The molecule has 0 radical (unpaired) electrons. The third kappa shape index (κ3) is 4.92. The molecule has 31 heavy (non-hydrogen) atoms. The van der Waals surface area contributed by atoms with Gasteiger partial charge in [0.2, 0.25) is 0 Å². The number of rotatable bonds is 8. The van der Waals surface area contributed by atoms with E-state index in [1.165, 1.54) is 0 Å². The molecule has 0 N–H and O–H groups in total. The third-order valence-corrected chi connectivity index (χ3v) is 6.56. The lowest BCUT2D eigenvalue weighted by molar-refractivity contribution is 0.117. The van der Waals surface area contributed by atoms with Crippen LogP contribution in [-0.2, 0) is 9.47 Å². The maximum atomic E-state index is 5.27. The molecule has 2 saturated heterocycles. The normalized spacial score (nSPS) is 23.7. The number of ether oxygens (including phenoxy) is 2. The smallest absolute Gasteiger partial charge is 0.256 e. The van der Waals surface area contributed by atoms with Crippen molar-refractivity contribution in [3.05, 3.63) is 12.4 Å². The Kier molecular flexibility index (Phi) is 7.21.